The van der Waals surface area contributed by atoms with Gasteiger partial charge in [-0.25, -0.2) is 14.0 Å². The van der Waals surface area contributed by atoms with E-state index in [-0.39, 0.29) is 17.0 Å². The van der Waals surface area contributed by atoms with Crippen molar-refractivity contribution in [2.24, 2.45) is 5.92 Å². The molecule has 0 spiro atoms. The molecule has 8 nitrogen and oxygen atoms in total. The number of rotatable bonds is 6. The molecule has 0 aliphatic carbocycles. The Bertz CT molecular complexity index is 1900. The molecule has 0 bridgehead atoms. The van der Waals surface area contributed by atoms with Crippen LogP contribution in [0, 0.1) is 11.7 Å². The largest absolute Gasteiger partial charge is 0.490 e. The number of pyridine rings is 2. The number of amides is 1. The average molecular weight is 778 g/mol. The molecular weight excluding hydrogens is 753 g/mol. The number of alkyl halides is 12. The van der Waals surface area contributed by atoms with Gasteiger partial charge in [0.2, 0.25) is 0 Å². The molecule has 4 aromatic rings. The first-order valence-electron chi connectivity index (χ1n) is 14.3. The molecule has 288 valence electrons. The first-order chi connectivity index (χ1) is 24.1. The van der Waals surface area contributed by atoms with Crippen molar-refractivity contribution < 1.29 is 81.7 Å². The highest BCUT2D eigenvalue weighted by molar-refractivity contribution is 6.06. The maximum absolute atomic E-state index is 14.5. The number of carbonyl (C=O) groups is 3. The summed E-state index contributed by atoms with van der Waals surface area (Å²) in [6.45, 7) is 3.90. The number of benzene rings is 2. The van der Waals surface area contributed by atoms with Gasteiger partial charge in [0.25, 0.3) is 5.91 Å². The predicted octanol–water partition coefficient (Wildman–Crippen LogP) is 8.79. The second kappa shape index (κ2) is 16.9. The fourth-order valence-electron chi connectivity index (χ4n) is 4.29. The van der Waals surface area contributed by atoms with Crippen molar-refractivity contribution in [3.8, 4) is 0 Å². The fraction of sp³-hybridized carbons (Fsp3) is 0.281. The second-order valence-corrected chi connectivity index (χ2v) is 11.0. The summed E-state index contributed by atoms with van der Waals surface area (Å²) in [5.41, 5.74) is -2.72. The summed E-state index contributed by atoms with van der Waals surface area (Å²) in [5.74, 6) is -7.86. The molecule has 1 atom stereocenters. The molecule has 53 heavy (non-hydrogen) atoms. The van der Waals surface area contributed by atoms with Gasteiger partial charge in [-0.05, 0) is 54.3 Å². The van der Waals surface area contributed by atoms with Crippen LogP contribution in [0.2, 0.25) is 0 Å². The van der Waals surface area contributed by atoms with Gasteiger partial charge in [-0.1, -0.05) is 38.1 Å². The summed E-state index contributed by atoms with van der Waals surface area (Å²) in [6.07, 6.45) is -18.5. The third-order valence-electron chi connectivity index (χ3n) is 6.44. The molecule has 0 aliphatic heterocycles. The zero-order chi connectivity index (χ0) is 40.7. The number of halogens is 13. The Hall–Kier alpha value is -5.50. The van der Waals surface area contributed by atoms with Gasteiger partial charge < -0.3 is 15.5 Å². The molecule has 21 heteroatoms. The van der Waals surface area contributed by atoms with Gasteiger partial charge in [0, 0.05) is 17.3 Å². The SMILES string of the molecule is CC(C)Cc1cc(C(=O)N[C@@H](c2ccc(C(F)(F)F)c(F)c2)c2ncccc2C(F)(F)F)c2ccccc2n1.O=C(O)C(F)(F)F.O=C(O)C(F)(F)F. The molecule has 0 saturated carbocycles. The van der Waals surface area contributed by atoms with Crippen molar-refractivity contribution in [2.75, 3.05) is 0 Å². The van der Waals surface area contributed by atoms with E-state index < -0.39 is 71.2 Å². The third-order valence-corrected chi connectivity index (χ3v) is 6.44. The van der Waals surface area contributed by atoms with Crippen molar-refractivity contribution in [3.05, 3.63) is 106 Å². The lowest BCUT2D eigenvalue weighted by molar-refractivity contribution is -0.193. The van der Waals surface area contributed by atoms with Crippen molar-refractivity contribution in [2.45, 2.75) is 51.0 Å². The zero-order valence-corrected chi connectivity index (χ0v) is 26.6. The fourth-order valence-corrected chi connectivity index (χ4v) is 4.29. The number of nitrogens with one attached hydrogen (secondary N) is 1. The number of hydrogen-bond acceptors (Lipinski definition) is 5. The lowest BCUT2D eigenvalue weighted by Gasteiger charge is -2.23. The molecule has 2 aromatic heterocycles. The predicted molar refractivity (Wildman–Crippen MR) is 158 cm³/mol. The monoisotopic (exact) mass is 777 g/mol. The molecule has 0 aliphatic rings. The first-order valence-corrected chi connectivity index (χ1v) is 14.3. The molecule has 3 N–H and O–H groups in total. The van der Waals surface area contributed by atoms with E-state index in [1.165, 1.54) is 6.07 Å². The lowest BCUT2D eigenvalue weighted by Crippen LogP contribution is -2.32. The van der Waals surface area contributed by atoms with Gasteiger partial charge in [-0.3, -0.25) is 14.8 Å². The van der Waals surface area contributed by atoms with Crippen LogP contribution in [0.4, 0.5) is 57.1 Å². The van der Waals surface area contributed by atoms with Crippen LogP contribution in [0.1, 0.15) is 58.3 Å². The van der Waals surface area contributed by atoms with Gasteiger partial charge in [-0.15, -0.1) is 0 Å². The molecule has 0 radical (unpaired) electrons. The van der Waals surface area contributed by atoms with E-state index in [0.29, 0.717) is 35.2 Å². The summed E-state index contributed by atoms with van der Waals surface area (Å²) in [7, 11) is 0. The highest BCUT2D eigenvalue weighted by Gasteiger charge is 2.40. The molecule has 0 saturated heterocycles. The topological polar surface area (TPSA) is 129 Å². The van der Waals surface area contributed by atoms with Gasteiger partial charge in [0.1, 0.15) is 5.82 Å². The molecule has 2 heterocycles. The van der Waals surface area contributed by atoms with Crippen LogP contribution in [-0.2, 0) is 28.4 Å². The van der Waals surface area contributed by atoms with E-state index in [2.05, 4.69) is 15.3 Å². The van der Waals surface area contributed by atoms with Gasteiger partial charge in [0.15, 0.2) is 0 Å². The van der Waals surface area contributed by atoms with Crippen molar-refractivity contribution in [1.82, 2.24) is 15.3 Å². The van der Waals surface area contributed by atoms with Crippen LogP contribution in [-0.4, -0.2) is 50.4 Å². The Balaban J connectivity index is 0.000000587. The van der Waals surface area contributed by atoms with Gasteiger partial charge >= 0.3 is 36.6 Å². The van der Waals surface area contributed by atoms with E-state index in [1.54, 1.807) is 24.3 Å². The molecule has 1 amide bonds. The van der Waals surface area contributed by atoms with Gasteiger partial charge in [-0.2, -0.15) is 52.7 Å². The number of carboxylic acid groups (broad SMARTS) is 2. The minimum Gasteiger partial charge on any atom is -0.475 e. The van der Waals surface area contributed by atoms with Crippen LogP contribution in [0.15, 0.2) is 66.9 Å². The maximum atomic E-state index is 14.5. The first kappa shape index (κ1) is 43.7. The van der Waals surface area contributed by atoms with Crippen LogP contribution in [0.25, 0.3) is 10.9 Å². The minimum absolute atomic E-state index is 0.0955. The Morgan fingerprint density at radius 3 is 1.74 bits per heavy atom. The van der Waals surface area contributed by atoms with Crippen LogP contribution >= 0.6 is 0 Å². The minimum atomic E-state index is -5.08. The number of hydrogen-bond donors (Lipinski definition) is 3. The van der Waals surface area contributed by atoms with E-state index in [0.717, 1.165) is 24.4 Å². The Kier molecular flexibility index (Phi) is 13.9. The number of carbonyl (C=O) groups excluding carboxylic acids is 1. The van der Waals surface area contributed by atoms with Gasteiger partial charge in [0.05, 0.1) is 33.9 Å². The standard InChI is InChI=1S/C28H22F7N3O.2C2HF3O2/c1-15(2)12-17-14-19(18-6-3-4-8-23(18)37-17)26(39)38-24(25-21(28(33,34)35)7-5-11-36-25)16-9-10-20(22(29)13-16)27(30,31)32;2*3-2(4,5)1(6)7/h3-11,13-15,24H,12H2,1-2H3,(H,38,39);2*(H,6,7)/t24-;;/m0../s1. The maximum Gasteiger partial charge on any atom is 0.490 e. The normalized spacial score (nSPS) is 12.6. The van der Waals surface area contributed by atoms with E-state index >= 15 is 0 Å². The Labute approximate surface area is 289 Å². The van der Waals surface area contributed by atoms with Crippen molar-refractivity contribution >= 4 is 28.7 Å². The quantitative estimate of drug-likeness (QED) is 0.167. The summed E-state index contributed by atoms with van der Waals surface area (Å²) >= 11 is 0. The van der Waals surface area contributed by atoms with E-state index in [4.69, 9.17) is 19.8 Å². The highest BCUT2D eigenvalue weighted by atomic mass is 19.4. The van der Waals surface area contributed by atoms with Crippen molar-refractivity contribution in [1.29, 1.82) is 0 Å². The average Bonchev–Trinajstić information content (AvgIpc) is 3.01. The number of aromatic nitrogens is 2. The summed E-state index contributed by atoms with van der Waals surface area (Å²) in [4.78, 5) is 39.7. The number of fused-ring (bicyclic) bond motifs is 1. The summed E-state index contributed by atoms with van der Waals surface area (Å²) in [6, 6.07) is 9.92. The Morgan fingerprint density at radius 2 is 1.26 bits per heavy atom. The van der Waals surface area contributed by atoms with E-state index in [1.807, 2.05) is 13.8 Å². The number of nitrogens with zero attached hydrogens (tertiary/aromatic N) is 2. The lowest BCUT2D eigenvalue weighted by atomic mass is 9.96. The molecule has 0 unspecified atom stereocenters. The number of carboxylic acids is 2. The second-order valence-electron chi connectivity index (χ2n) is 11.0. The van der Waals surface area contributed by atoms with Crippen LogP contribution in [0.3, 0.4) is 0 Å². The van der Waals surface area contributed by atoms with Crippen LogP contribution < -0.4 is 5.32 Å². The zero-order valence-electron chi connectivity index (χ0n) is 26.6. The molecular formula is C32H24F13N3O5. The summed E-state index contributed by atoms with van der Waals surface area (Å²) < 4.78 is 159. The van der Waals surface area contributed by atoms with Crippen molar-refractivity contribution in [3.63, 3.8) is 0 Å². The number of aliphatic carboxylic acids is 2. The highest BCUT2D eigenvalue weighted by Crippen LogP contribution is 2.38. The third kappa shape index (κ3) is 12.6. The van der Waals surface area contributed by atoms with E-state index in [9.17, 15) is 61.9 Å². The molecule has 2 aromatic carbocycles. The summed E-state index contributed by atoms with van der Waals surface area (Å²) in [5, 5.41) is 17.1. The number of para-hydroxylation sites is 1. The Morgan fingerprint density at radius 1 is 0.736 bits per heavy atom. The van der Waals surface area contributed by atoms with Crippen LogP contribution in [0.5, 0.6) is 0 Å². The molecule has 4 rings (SSSR count). The smallest absolute Gasteiger partial charge is 0.475 e. The molecule has 0 fully saturated rings.